The van der Waals surface area contributed by atoms with E-state index in [1.807, 2.05) is 0 Å². The molecule has 4 nitrogen and oxygen atoms in total. The van der Waals surface area contributed by atoms with Gasteiger partial charge < -0.3 is 10.7 Å². The minimum Gasteiger partial charge on any atom is -0.397 e. The Kier molecular flexibility index (Phi) is 5.99. The summed E-state index contributed by atoms with van der Waals surface area (Å²) in [4.78, 5) is 13.5. The number of anilines is 2. The molecule has 4 aliphatic rings. The van der Waals surface area contributed by atoms with Crippen LogP contribution >= 0.6 is 11.6 Å². The van der Waals surface area contributed by atoms with Crippen LogP contribution < -0.4 is 16.6 Å². The molecule has 8 atom stereocenters. The largest absolute Gasteiger partial charge is 0.397 e. The lowest BCUT2D eigenvalue weighted by atomic mass is 9.49. The Morgan fingerprint density at radius 1 is 1.09 bits per heavy atom. The van der Waals surface area contributed by atoms with E-state index >= 15 is 0 Å². The summed E-state index contributed by atoms with van der Waals surface area (Å²) in [7, 11) is 0. The number of ketones is 1. The van der Waals surface area contributed by atoms with Crippen LogP contribution in [0.25, 0.3) is 0 Å². The van der Waals surface area contributed by atoms with Crippen molar-refractivity contribution >= 4 is 28.8 Å². The normalized spacial score (nSPS) is 40.8. The van der Waals surface area contributed by atoms with E-state index in [9.17, 15) is 4.79 Å². The maximum Gasteiger partial charge on any atom is 0.157 e. The highest BCUT2D eigenvalue weighted by Crippen LogP contribution is 2.64. The van der Waals surface area contributed by atoms with Crippen LogP contribution in [0.1, 0.15) is 71.6 Å². The Labute approximate surface area is 198 Å². The highest BCUT2D eigenvalue weighted by molar-refractivity contribution is 6.34. The second-order valence-electron chi connectivity index (χ2n) is 11.8. The van der Waals surface area contributed by atoms with Gasteiger partial charge in [-0.25, -0.2) is 5.84 Å². The van der Waals surface area contributed by atoms with Crippen molar-refractivity contribution in [3.05, 3.63) is 23.2 Å². The number of nitrogen functional groups attached to an aromatic ring is 1. The van der Waals surface area contributed by atoms with Crippen molar-refractivity contribution in [1.29, 1.82) is 0 Å². The standard InChI is InChI=1S/C27H40ClN3O/c1-16-6-8-18-17(14-16)7-9-20-19(18)12-13-27(2)21(20)10-11-22(27)25(32)15-31(30)26-23(28)4-3-5-24(26)29/h3-5,16-22H,6-15,29-30H2,1-2H3. The number of nitrogens with two attached hydrogens (primary N) is 2. The monoisotopic (exact) mass is 457 g/mol. The molecule has 32 heavy (non-hydrogen) atoms. The van der Waals surface area contributed by atoms with E-state index in [-0.39, 0.29) is 23.7 Å². The predicted octanol–water partition coefficient (Wildman–Crippen LogP) is 6.08. The second-order valence-corrected chi connectivity index (χ2v) is 12.2. The Balaban J connectivity index is 1.30. The molecule has 0 radical (unpaired) electrons. The summed E-state index contributed by atoms with van der Waals surface area (Å²) >= 11 is 6.33. The topological polar surface area (TPSA) is 72.3 Å². The van der Waals surface area contributed by atoms with E-state index in [4.69, 9.17) is 23.2 Å². The SMILES string of the molecule is CC1CCC2C(CCC3C2CCC2(C)C(C(=O)CN(N)c4c(N)cccc4Cl)CCC32)C1. The van der Waals surface area contributed by atoms with Gasteiger partial charge in [0.15, 0.2) is 5.78 Å². The van der Waals surface area contributed by atoms with Gasteiger partial charge in [-0.05, 0) is 104 Å². The minimum absolute atomic E-state index is 0.104. The molecule has 0 aromatic heterocycles. The summed E-state index contributed by atoms with van der Waals surface area (Å²) in [6.45, 7) is 5.05. The van der Waals surface area contributed by atoms with Crippen LogP contribution in [0.3, 0.4) is 0 Å². The summed E-state index contributed by atoms with van der Waals surface area (Å²) in [5.41, 5.74) is 7.31. The summed E-state index contributed by atoms with van der Waals surface area (Å²) in [6, 6.07) is 5.36. The molecule has 5 rings (SSSR count). The molecule has 4 fully saturated rings. The molecule has 0 heterocycles. The number of benzene rings is 1. The number of rotatable bonds is 4. The molecule has 0 bridgehead atoms. The van der Waals surface area contributed by atoms with Gasteiger partial charge in [-0.1, -0.05) is 37.9 Å². The van der Waals surface area contributed by atoms with E-state index in [0.29, 0.717) is 22.3 Å². The number of carbonyl (C=O) groups is 1. The van der Waals surface area contributed by atoms with Crippen LogP contribution in [0.4, 0.5) is 11.4 Å². The molecule has 0 aliphatic heterocycles. The average Bonchev–Trinajstić information content (AvgIpc) is 3.10. The van der Waals surface area contributed by atoms with Crippen molar-refractivity contribution in [3.8, 4) is 0 Å². The Hall–Kier alpha value is -1.26. The highest BCUT2D eigenvalue weighted by Gasteiger charge is 2.58. The molecule has 4 N–H and O–H groups in total. The number of halogens is 1. The van der Waals surface area contributed by atoms with E-state index in [1.165, 1.54) is 56.4 Å². The average molecular weight is 458 g/mol. The van der Waals surface area contributed by atoms with Crippen LogP contribution in [-0.2, 0) is 4.79 Å². The number of hydrogen-bond donors (Lipinski definition) is 2. The molecule has 1 aromatic rings. The number of hydrogen-bond acceptors (Lipinski definition) is 4. The summed E-state index contributed by atoms with van der Waals surface area (Å²) in [5.74, 6) is 11.9. The zero-order valence-electron chi connectivity index (χ0n) is 19.7. The van der Waals surface area contributed by atoms with Crippen molar-refractivity contribution in [2.24, 2.45) is 52.7 Å². The fourth-order valence-corrected chi connectivity index (χ4v) is 9.10. The third kappa shape index (κ3) is 3.66. The van der Waals surface area contributed by atoms with Gasteiger partial charge in [0.05, 0.1) is 22.9 Å². The fraction of sp³-hybridized carbons (Fsp3) is 0.741. The summed E-state index contributed by atoms with van der Waals surface area (Å²) in [5, 5.41) is 1.96. The van der Waals surface area contributed by atoms with Gasteiger partial charge in [0, 0.05) is 5.92 Å². The highest BCUT2D eigenvalue weighted by atomic mass is 35.5. The Morgan fingerprint density at radius 2 is 1.88 bits per heavy atom. The molecule has 0 amide bonds. The lowest BCUT2D eigenvalue weighted by Crippen LogP contribution is -2.50. The summed E-state index contributed by atoms with van der Waals surface area (Å²) in [6.07, 6.45) is 11.9. The molecule has 4 aliphatic carbocycles. The van der Waals surface area contributed by atoms with Gasteiger partial charge in [-0.15, -0.1) is 0 Å². The molecule has 1 aromatic carbocycles. The first-order valence-electron chi connectivity index (χ1n) is 12.9. The van der Waals surface area contributed by atoms with Crippen LogP contribution in [-0.4, -0.2) is 12.3 Å². The number of para-hydroxylation sites is 1. The first-order chi connectivity index (χ1) is 15.3. The number of fused-ring (bicyclic) bond motifs is 5. The maximum absolute atomic E-state index is 13.5. The van der Waals surface area contributed by atoms with Crippen LogP contribution in [0.2, 0.25) is 5.02 Å². The van der Waals surface area contributed by atoms with Crippen LogP contribution in [0.15, 0.2) is 18.2 Å². The Bertz CT molecular complexity index is 854. The van der Waals surface area contributed by atoms with E-state index in [1.54, 1.807) is 18.2 Å². The van der Waals surface area contributed by atoms with E-state index in [2.05, 4.69) is 13.8 Å². The van der Waals surface area contributed by atoms with Crippen molar-refractivity contribution in [2.75, 3.05) is 17.3 Å². The third-order valence-electron chi connectivity index (χ3n) is 10.2. The molecule has 0 saturated heterocycles. The van der Waals surface area contributed by atoms with Gasteiger partial charge in [0.1, 0.15) is 0 Å². The zero-order valence-corrected chi connectivity index (χ0v) is 20.5. The van der Waals surface area contributed by atoms with Gasteiger partial charge in [-0.2, -0.15) is 0 Å². The zero-order chi connectivity index (χ0) is 22.6. The molecular formula is C27H40ClN3O. The molecule has 4 saturated carbocycles. The molecule has 176 valence electrons. The van der Waals surface area contributed by atoms with Crippen molar-refractivity contribution in [1.82, 2.24) is 0 Å². The molecule has 8 unspecified atom stereocenters. The van der Waals surface area contributed by atoms with Gasteiger partial charge in [0.25, 0.3) is 0 Å². The quantitative estimate of drug-likeness (QED) is 0.326. The molecular weight excluding hydrogens is 418 g/mol. The molecule has 5 heteroatoms. The van der Waals surface area contributed by atoms with Crippen LogP contribution in [0.5, 0.6) is 0 Å². The third-order valence-corrected chi connectivity index (χ3v) is 10.5. The summed E-state index contributed by atoms with van der Waals surface area (Å²) < 4.78 is 0. The Morgan fingerprint density at radius 3 is 2.66 bits per heavy atom. The van der Waals surface area contributed by atoms with Crippen LogP contribution in [0, 0.1) is 46.8 Å². The van der Waals surface area contributed by atoms with E-state index in [0.717, 1.165) is 36.0 Å². The lowest BCUT2D eigenvalue weighted by molar-refractivity contribution is -0.129. The smallest absolute Gasteiger partial charge is 0.157 e. The lowest BCUT2D eigenvalue weighted by Gasteiger charge is -2.56. The molecule has 0 spiro atoms. The predicted molar refractivity (Wildman–Crippen MR) is 132 cm³/mol. The first kappa shape index (κ1) is 22.5. The van der Waals surface area contributed by atoms with Gasteiger partial charge >= 0.3 is 0 Å². The van der Waals surface area contributed by atoms with Gasteiger partial charge in [0.2, 0.25) is 0 Å². The van der Waals surface area contributed by atoms with Crippen molar-refractivity contribution < 1.29 is 4.79 Å². The first-order valence-corrected chi connectivity index (χ1v) is 13.3. The number of carbonyl (C=O) groups excluding carboxylic acids is 1. The van der Waals surface area contributed by atoms with Crippen molar-refractivity contribution in [2.45, 2.75) is 71.6 Å². The minimum atomic E-state index is 0.104. The van der Waals surface area contributed by atoms with Gasteiger partial charge in [-0.3, -0.25) is 4.79 Å². The number of Topliss-reactive ketones (excluding diaryl/α,β-unsaturated/α-hetero) is 1. The van der Waals surface area contributed by atoms with E-state index < -0.39 is 0 Å². The second kappa shape index (κ2) is 8.51. The maximum atomic E-state index is 13.5. The number of nitrogens with zero attached hydrogens (tertiary/aromatic N) is 1. The fourth-order valence-electron chi connectivity index (χ4n) is 8.81. The number of hydrazine groups is 1. The van der Waals surface area contributed by atoms with Crippen molar-refractivity contribution in [3.63, 3.8) is 0 Å².